The summed E-state index contributed by atoms with van der Waals surface area (Å²) < 4.78 is 7.30. The van der Waals surface area contributed by atoms with E-state index >= 15 is 0 Å². The van der Waals surface area contributed by atoms with Crippen LogP contribution in [0.4, 0.5) is 15.4 Å². The van der Waals surface area contributed by atoms with Crippen LogP contribution in [0.15, 0.2) is 18.2 Å². The number of aromatic nitrogens is 2. The van der Waals surface area contributed by atoms with E-state index in [0.29, 0.717) is 25.5 Å². The smallest absolute Gasteiger partial charge is 0.410 e. The molecule has 9 nitrogen and oxygen atoms in total. The maximum atomic E-state index is 12.5. The predicted octanol–water partition coefficient (Wildman–Crippen LogP) is 3.13. The third kappa shape index (κ3) is 4.35. The van der Waals surface area contributed by atoms with E-state index in [2.05, 4.69) is 16.5 Å². The summed E-state index contributed by atoms with van der Waals surface area (Å²) in [5.74, 6) is 0.489. The maximum Gasteiger partial charge on any atom is 0.410 e. The number of likely N-dealkylation sites (tertiary alicyclic amines) is 1. The van der Waals surface area contributed by atoms with E-state index in [-0.39, 0.29) is 24.3 Å². The van der Waals surface area contributed by atoms with Crippen LogP contribution in [0.25, 0.3) is 10.9 Å². The van der Waals surface area contributed by atoms with Crippen molar-refractivity contribution in [1.29, 1.82) is 0 Å². The number of urea groups is 1. The Bertz CT molecular complexity index is 1040. The highest BCUT2D eigenvalue weighted by atomic mass is 16.6. The number of benzene rings is 1. The molecule has 2 aliphatic rings. The Labute approximate surface area is 181 Å². The van der Waals surface area contributed by atoms with E-state index in [1.165, 1.54) is 4.90 Å². The summed E-state index contributed by atoms with van der Waals surface area (Å²) >= 11 is 0. The zero-order valence-corrected chi connectivity index (χ0v) is 18.5. The van der Waals surface area contributed by atoms with Crippen molar-refractivity contribution < 1.29 is 19.1 Å². The molecule has 0 bridgehead atoms. The summed E-state index contributed by atoms with van der Waals surface area (Å²) in [6, 6.07) is 5.66. The first-order chi connectivity index (χ1) is 14.6. The van der Waals surface area contributed by atoms with E-state index in [4.69, 9.17) is 4.74 Å². The molecule has 0 spiro atoms. The molecule has 2 saturated heterocycles. The second-order valence-electron chi connectivity index (χ2n) is 9.24. The molecule has 2 aromatic rings. The van der Waals surface area contributed by atoms with Gasteiger partial charge in [-0.05, 0) is 51.3 Å². The number of carbonyl (C=O) groups excluding carboxylic acids is 3. The number of imide groups is 1. The van der Waals surface area contributed by atoms with Crippen LogP contribution in [-0.2, 0) is 16.6 Å². The van der Waals surface area contributed by atoms with Crippen molar-refractivity contribution >= 4 is 34.8 Å². The normalized spacial score (nSPS) is 20.2. The largest absolute Gasteiger partial charge is 0.444 e. The number of nitrogens with zero attached hydrogens (tertiary/aromatic N) is 4. The molecule has 4 rings (SSSR count). The molecule has 2 aliphatic heterocycles. The number of nitrogens with one attached hydrogen (secondary N) is 1. The van der Waals surface area contributed by atoms with E-state index in [1.54, 1.807) is 9.58 Å². The summed E-state index contributed by atoms with van der Waals surface area (Å²) in [5.41, 5.74) is 1.53. The van der Waals surface area contributed by atoms with Crippen molar-refractivity contribution in [3.05, 3.63) is 23.8 Å². The van der Waals surface area contributed by atoms with Crippen molar-refractivity contribution in [2.24, 2.45) is 7.05 Å². The molecule has 166 valence electrons. The Morgan fingerprint density at radius 3 is 2.71 bits per heavy atom. The topological polar surface area (TPSA) is 96.8 Å². The van der Waals surface area contributed by atoms with Crippen LogP contribution in [-0.4, -0.2) is 57.9 Å². The van der Waals surface area contributed by atoms with Gasteiger partial charge in [0, 0.05) is 44.4 Å². The fraction of sp³-hybridized carbons (Fsp3) is 0.545. The average molecular weight is 428 g/mol. The molecule has 1 atom stereocenters. The quantitative estimate of drug-likeness (QED) is 0.794. The molecule has 0 radical (unpaired) electrons. The van der Waals surface area contributed by atoms with Gasteiger partial charge in [-0.15, -0.1) is 0 Å². The summed E-state index contributed by atoms with van der Waals surface area (Å²) in [7, 11) is 1.84. The summed E-state index contributed by atoms with van der Waals surface area (Å²) in [5, 5.41) is 7.75. The first-order valence-corrected chi connectivity index (χ1v) is 10.7. The Balaban J connectivity index is 1.57. The van der Waals surface area contributed by atoms with Gasteiger partial charge in [0.15, 0.2) is 5.82 Å². The van der Waals surface area contributed by atoms with E-state index in [1.807, 2.05) is 40.0 Å². The zero-order chi connectivity index (χ0) is 22.3. The number of hydrogen-bond donors (Lipinski definition) is 1. The molecule has 2 fully saturated rings. The molecule has 31 heavy (non-hydrogen) atoms. The number of ether oxygens (including phenoxy) is 1. The average Bonchev–Trinajstić information content (AvgIpc) is 3.03. The molecule has 4 amide bonds. The lowest BCUT2D eigenvalue weighted by atomic mass is 9.90. The summed E-state index contributed by atoms with van der Waals surface area (Å²) in [6.45, 7) is 7.25. The van der Waals surface area contributed by atoms with Gasteiger partial charge < -0.3 is 9.64 Å². The molecule has 9 heteroatoms. The number of anilines is 1. The molecule has 0 aliphatic carbocycles. The van der Waals surface area contributed by atoms with Gasteiger partial charge in [-0.2, -0.15) is 5.10 Å². The van der Waals surface area contributed by atoms with E-state index in [0.717, 1.165) is 29.3 Å². The number of aryl methyl sites for hydroxylation is 1. The van der Waals surface area contributed by atoms with E-state index < -0.39 is 11.6 Å². The van der Waals surface area contributed by atoms with Gasteiger partial charge in [0.1, 0.15) is 5.60 Å². The number of piperidine rings is 1. The number of hydrogen-bond acceptors (Lipinski definition) is 5. The van der Waals surface area contributed by atoms with Crippen molar-refractivity contribution in [3.8, 4) is 0 Å². The highest BCUT2D eigenvalue weighted by Crippen LogP contribution is 2.33. The van der Waals surface area contributed by atoms with Crippen LogP contribution in [0.2, 0.25) is 0 Å². The van der Waals surface area contributed by atoms with Crippen LogP contribution >= 0.6 is 0 Å². The van der Waals surface area contributed by atoms with Gasteiger partial charge >= 0.3 is 12.1 Å². The number of fused-ring (bicyclic) bond motifs is 1. The van der Waals surface area contributed by atoms with Gasteiger partial charge in [-0.25, -0.2) is 9.59 Å². The van der Waals surface area contributed by atoms with Crippen molar-refractivity contribution in [3.63, 3.8) is 0 Å². The van der Waals surface area contributed by atoms with Gasteiger partial charge in [0.2, 0.25) is 5.91 Å². The van der Waals surface area contributed by atoms with Crippen LogP contribution in [0.3, 0.4) is 0 Å². The second kappa shape index (κ2) is 7.86. The molecular weight excluding hydrogens is 398 g/mol. The van der Waals surface area contributed by atoms with E-state index in [9.17, 15) is 14.4 Å². The summed E-state index contributed by atoms with van der Waals surface area (Å²) in [4.78, 5) is 39.5. The van der Waals surface area contributed by atoms with Crippen molar-refractivity contribution in [1.82, 2.24) is 20.0 Å². The van der Waals surface area contributed by atoms with Crippen LogP contribution in [0, 0.1) is 0 Å². The highest BCUT2D eigenvalue weighted by Gasteiger charge is 2.30. The Kier molecular flexibility index (Phi) is 5.36. The monoisotopic (exact) mass is 427 g/mol. The van der Waals surface area contributed by atoms with Crippen molar-refractivity contribution in [2.45, 2.75) is 51.6 Å². The summed E-state index contributed by atoms with van der Waals surface area (Å²) in [6.07, 6.45) is 1.89. The maximum absolute atomic E-state index is 12.5. The zero-order valence-electron chi connectivity index (χ0n) is 18.5. The third-order valence-electron chi connectivity index (χ3n) is 5.71. The molecule has 1 aromatic heterocycles. The fourth-order valence-corrected chi connectivity index (χ4v) is 4.22. The molecule has 1 unspecified atom stereocenters. The first-order valence-electron chi connectivity index (χ1n) is 10.7. The fourth-order valence-electron chi connectivity index (χ4n) is 4.22. The van der Waals surface area contributed by atoms with Crippen LogP contribution in [0.5, 0.6) is 0 Å². The van der Waals surface area contributed by atoms with Gasteiger partial charge in [0.25, 0.3) is 0 Å². The SMILES string of the molecule is Cn1nc(N2CCC(=O)NC2=O)c2ccc(C3CCCN(C(=O)OC(C)(C)C)C3)cc21. The van der Waals surface area contributed by atoms with Gasteiger partial charge in [0.05, 0.1) is 5.52 Å². The van der Waals surface area contributed by atoms with Crippen LogP contribution < -0.4 is 10.2 Å². The minimum atomic E-state index is -0.514. The predicted molar refractivity (Wildman–Crippen MR) is 116 cm³/mol. The number of carbonyl (C=O) groups is 3. The highest BCUT2D eigenvalue weighted by molar-refractivity contribution is 6.08. The minimum absolute atomic E-state index is 0.208. The number of amides is 4. The lowest BCUT2D eigenvalue weighted by Crippen LogP contribution is -2.49. The van der Waals surface area contributed by atoms with Crippen LogP contribution in [0.1, 0.15) is 51.5 Å². The Morgan fingerprint density at radius 2 is 2.00 bits per heavy atom. The molecule has 1 N–H and O–H groups in total. The Hall–Kier alpha value is -3.10. The lowest BCUT2D eigenvalue weighted by molar-refractivity contribution is -0.120. The first kappa shape index (κ1) is 21.1. The molecule has 3 heterocycles. The second-order valence-corrected chi connectivity index (χ2v) is 9.24. The molecule has 1 aromatic carbocycles. The molecule has 0 saturated carbocycles. The standard InChI is InChI=1S/C22H29N5O4/c1-22(2,3)31-21(30)26-10-5-6-15(13-26)14-7-8-16-17(12-14)25(4)24-19(16)27-11-9-18(28)23-20(27)29/h7-8,12,15H,5-6,9-11,13H2,1-4H3,(H,23,28,29). The van der Waals surface area contributed by atoms with Gasteiger partial charge in [-0.1, -0.05) is 6.07 Å². The Morgan fingerprint density at radius 1 is 1.23 bits per heavy atom. The minimum Gasteiger partial charge on any atom is -0.444 e. The van der Waals surface area contributed by atoms with Gasteiger partial charge in [-0.3, -0.25) is 19.7 Å². The number of rotatable bonds is 2. The molecular formula is C22H29N5O4. The third-order valence-corrected chi connectivity index (χ3v) is 5.71. The lowest BCUT2D eigenvalue weighted by Gasteiger charge is -2.34. The van der Waals surface area contributed by atoms with Crippen molar-refractivity contribution in [2.75, 3.05) is 24.5 Å².